The molecule has 1 aliphatic rings. The van der Waals surface area contributed by atoms with Crippen molar-refractivity contribution in [3.8, 4) is 0 Å². The SMILES string of the molecule is CC(C)CC(NC(=O)O)C(=O)Nc1cn(C(C)(C)CN2CCCC2)cn1. The number of hydrogen-bond donors (Lipinski definition) is 3. The van der Waals surface area contributed by atoms with Crippen LogP contribution < -0.4 is 10.6 Å². The molecule has 0 aromatic carbocycles. The van der Waals surface area contributed by atoms with E-state index >= 15 is 0 Å². The van der Waals surface area contributed by atoms with Crippen LogP contribution in [0.4, 0.5) is 10.6 Å². The molecule has 26 heavy (non-hydrogen) atoms. The highest BCUT2D eigenvalue weighted by molar-refractivity contribution is 5.95. The number of nitrogens with zero attached hydrogens (tertiary/aromatic N) is 3. The minimum absolute atomic E-state index is 0.142. The Labute approximate surface area is 155 Å². The van der Waals surface area contributed by atoms with Gasteiger partial charge in [-0.25, -0.2) is 9.78 Å². The number of aromatic nitrogens is 2. The highest BCUT2D eigenvalue weighted by atomic mass is 16.4. The van der Waals surface area contributed by atoms with Crippen molar-refractivity contribution in [3.63, 3.8) is 0 Å². The standard InChI is InChI=1S/C18H31N5O3/c1-13(2)9-14(20-17(25)26)16(24)21-15-10-23(12-19-15)18(3,4)11-22-7-5-6-8-22/h10,12-14,20H,5-9,11H2,1-4H3,(H,21,24)(H,25,26). The molecule has 1 unspecified atom stereocenters. The minimum atomic E-state index is -1.21. The lowest BCUT2D eigenvalue weighted by atomic mass is 10.0. The number of hydrogen-bond acceptors (Lipinski definition) is 4. The summed E-state index contributed by atoms with van der Waals surface area (Å²) in [6.07, 6.45) is 5.24. The number of carbonyl (C=O) groups excluding carboxylic acids is 1. The number of likely N-dealkylation sites (tertiary alicyclic amines) is 1. The van der Waals surface area contributed by atoms with Gasteiger partial charge < -0.3 is 25.2 Å². The van der Waals surface area contributed by atoms with Gasteiger partial charge in [-0.05, 0) is 52.1 Å². The normalized spacial score (nSPS) is 16.7. The van der Waals surface area contributed by atoms with Crippen LogP contribution in [-0.2, 0) is 10.3 Å². The third kappa shape index (κ3) is 5.72. The van der Waals surface area contributed by atoms with E-state index in [2.05, 4.69) is 34.4 Å². The number of imidazole rings is 1. The van der Waals surface area contributed by atoms with E-state index in [1.54, 1.807) is 12.5 Å². The highest BCUT2D eigenvalue weighted by Gasteiger charge is 2.27. The van der Waals surface area contributed by atoms with Gasteiger partial charge in [0.15, 0.2) is 5.82 Å². The van der Waals surface area contributed by atoms with Crippen LogP contribution >= 0.6 is 0 Å². The van der Waals surface area contributed by atoms with Crippen molar-refractivity contribution in [2.75, 3.05) is 25.0 Å². The lowest BCUT2D eigenvalue weighted by molar-refractivity contribution is -0.118. The molecule has 0 radical (unpaired) electrons. The summed E-state index contributed by atoms with van der Waals surface area (Å²) >= 11 is 0. The molecule has 8 nitrogen and oxygen atoms in total. The highest BCUT2D eigenvalue weighted by Crippen LogP contribution is 2.21. The van der Waals surface area contributed by atoms with E-state index < -0.39 is 12.1 Å². The van der Waals surface area contributed by atoms with Gasteiger partial charge in [0.2, 0.25) is 5.91 Å². The Morgan fingerprint density at radius 3 is 2.54 bits per heavy atom. The van der Waals surface area contributed by atoms with E-state index in [-0.39, 0.29) is 17.4 Å². The fourth-order valence-electron chi connectivity index (χ4n) is 3.35. The Morgan fingerprint density at radius 2 is 1.96 bits per heavy atom. The predicted molar refractivity (Wildman–Crippen MR) is 100 cm³/mol. The average molecular weight is 365 g/mol. The maximum atomic E-state index is 12.4. The van der Waals surface area contributed by atoms with Gasteiger partial charge in [-0.1, -0.05) is 13.8 Å². The van der Waals surface area contributed by atoms with Gasteiger partial charge in [0, 0.05) is 12.7 Å². The summed E-state index contributed by atoms with van der Waals surface area (Å²) in [5, 5.41) is 14.0. The summed E-state index contributed by atoms with van der Waals surface area (Å²) in [6, 6.07) is -0.796. The molecule has 2 amide bonds. The quantitative estimate of drug-likeness (QED) is 0.657. The first-order valence-electron chi connectivity index (χ1n) is 9.24. The molecule has 0 aliphatic carbocycles. The van der Waals surface area contributed by atoms with Gasteiger partial charge >= 0.3 is 6.09 Å². The molecule has 1 aliphatic heterocycles. The number of nitrogens with one attached hydrogen (secondary N) is 2. The zero-order chi connectivity index (χ0) is 19.3. The van der Waals surface area contributed by atoms with Gasteiger partial charge in [-0.2, -0.15) is 0 Å². The van der Waals surface area contributed by atoms with Crippen LogP contribution in [-0.4, -0.2) is 57.2 Å². The number of amides is 2. The molecule has 2 heterocycles. The summed E-state index contributed by atoms with van der Waals surface area (Å²) < 4.78 is 2.00. The third-order valence-corrected chi connectivity index (χ3v) is 4.66. The van der Waals surface area contributed by atoms with Crippen LogP contribution in [0.15, 0.2) is 12.5 Å². The Hall–Kier alpha value is -2.09. The Balaban J connectivity index is 2.01. The first-order chi connectivity index (χ1) is 12.2. The largest absolute Gasteiger partial charge is 0.465 e. The van der Waals surface area contributed by atoms with Crippen molar-refractivity contribution in [1.29, 1.82) is 0 Å². The molecule has 1 aromatic rings. The average Bonchev–Trinajstić information content (AvgIpc) is 3.17. The Kier molecular flexibility index (Phi) is 6.63. The molecule has 1 atom stereocenters. The van der Waals surface area contributed by atoms with Gasteiger partial charge in [0.1, 0.15) is 6.04 Å². The molecule has 0 bridgehead atoms. The van der Waals surface area contributed by atoms with Crippen molar-refractivity contribution in [1.82, 2.24) is 19.8 Å². The number of carbonyl (C=O) groups is 2. The summed E-state index contributed by atoms with van der Waals surface area (Å²) in [5.74, 6) is 0.240. The minimum Gasteiger partial charge on any atom is -0.465 e. The molecule has 3 N–H and O–H groups in total. The van der Waals surface area contributed by atoms with Crippen molar-refractivity contribution in [2.24, 2.45) is 5.92 Å². The van der Waals surface area contributed by atoms with E-state index in [9.17, 15) is 9.59 Å². The lowest BCUT2D eigenvalue weighted by Gasteiger charge is -2.31. The van der Waals surface area contributed by atoms with Crippen LogP contribution in [0.5, 0.6) is 0 Å². The number of rotatable bonds is 8. The number of carboxylic acid groups (broad SMARTS) is 1. The first-order valence-corrected chi connectivity index (χ1v) is 9.24. The zero-order valence-corrected chi connectivity index (χ0v) is 16.2. The second kappa shape index (κ2) is 8.53. The molecular formula is C18H31N5O3. The van der Waals surface area contributed by atoms with Crippen LogP contribution in [0.1, 0.15) is 47.0 Å². The summed E-state index contributed by atoms with van der Waals surface area (Å²) in [5.41, 5.74) is -0.142. The van der Waals surface area contributed by atoms with E-state index in [0.717, 1.165) is 19.6 Å². The summed E-state index contributed by atoms with van der Waals surface area (Å²) in [7, 11) is 0. The van der Waals surface area contributed by atoms with Crippen LogP contribution in [0, 0.1) is 5.92 Å². The zero-order valence-electron chi connectivity index (χ0n) is 16.2. The lowest BCUT2D eigenvalue weighted by Crippen LogP contribution is -2.44. The monoisotopic (exact) mass is 365 g/mol. The van der Waals surface area contributed by atoms with E-state index in [1.165, 1.54) is 12.8 Å². The van der Waals surface area contributed by atoms with E-state index in [4.69, 9.17) is 5.11 Å². The second-order valence-electron chi connectivity index (χ2n) is 8.08. The maximum absolute atomic E-state index is 12.4. The van der Waals surface area contributed by atoms with E-state index in [0.29, 0.717) is 12.2 Å². The molecule has 0 spiro atoms. The topological polar surface area (TPSA) is 99.5 Å². The van der Waals surface area contributed by atoms with Gasteiger partial charge in [0.05, 0.1) is 11.9 Å². The van der Waals surface area contributed by atoms with E-state index in [1.807, 2.05) is 18.4 Å². The molecule has 2 rings (SSSR count). The van der Waals surface area contributed by atoms with Gasteiger partial charge in [0.25, 0.3) is 0 Å². The first kappa shape index (κ1) is 20.2. The van der Waals surface area contributed by atoms with Gasteiger partial charge in [-0.3, -0.25) is 4.79 Å². The fourth-order valence-corrected chi connectivity index (χ4v) is 3.35. The van der Waals surface area contributed by atoms with Gasteiger partial charge in [-0.15, -0.1) is 0 Å². The molecular weight excluding hydrogens is 334 g/mol. The Bertz CT molecular complexity index is 620. The fraction of sp³-hybridized carbons (Fsp3) is 0.722. The van der Waals surface area contributed by atoms with Crippen LogP contribution in [0.3, 0.4) is 0 Å². The number of anilines is 1. The molecule has 8 heteroatoms. The second-order valence-corrected chi connectivity index (χ2v) is 8.08. The molecule has 1 saturated heterocycles. The maximum Gasteiger partial charge on any atom is 0.405 e. The summed E-state index contributed by atoms with van der Waals surface area (Å²) in [6.45, 7) is 11.4. The van der Waals surface area contributed by atoms with Crippen LogP contribution in [0.25, 0.3) is 0 Å². The van der Waals surface area contributed by atoms with Crippen molar-refractivity contribution in [2.45, 2.75) is 58.5 Å². The van der Waals surface area contributed by atoms with Crippen molar-refractivity contribution in [3.05, 3.63) is 12.5 Å². The van der Waals surface area contributed by atoms with Crippen molar-refractivity contribution < 1.29 is 14.7 Å². The Morgan fingerprint density at radius 1 is 1.31 bits per heavy atom. The third-order valence-electron chi connectivity index (χ3n) is 4.66. The smallest absolute Gasteiger partial charge is 0.405 e. The molecule has 146 valence electrons. The van der Waals surface area contributed by atoms with Crippen LogP contribution in [0.2, 0.25) is 0 Å². The summed E-state index contributed by atoms with van der Waals surface area (Å²) in [4.78, 5) is 30.1. The molecule has 1 aromatic heterocycles. The predicted octanol–water partition coefficient (Wildman–Crippen LogP) is 2.33. The van der Waals surface area contributed by atoms with Crippen molar-refractivity contribution >= 4 is 17.8 Å². The molecule has 1 fully saturated rings. The molecule has 0 saturated carbocycles.